The summed E-state index contributed by atoms with van der Waals surface area (Å²) in [6, 6.07) is 37.7. The van der Waals surface area contributed by atoms with E-state index in [4.69, 9.17) is 23.2 Å². The molecule has 0 fully saturated rings. The summed E-state index contributed by atoms with van der Waals surface area (Å²) in [6.45, 7) is 0. The second kappa shape index (κ2) is 16.2. The summed E-state index contributed by atoms with van der Waals surface area (Å²) in [5, 5.41) is 8.75. The Morgan fingerprint density at radius 3 is 2.10 bits per heavy atom. The van der Waals surface area contributed by atoms with E-state index in [9.17, 15) is 14.4 Å². The molecular formula is C38H32Cl2N4O3S. The van der Waals surface area contributed by atoms with Crippen molar-refractivity contribution >= 4 is 75.8 Å². The smallest absolute Gasteiger partial charge is 0.272 e. The van der Waals surface area contributed by atoms with Crippen LogP contribution >= 0.6 is 35.0 Å². The van der Waals surface area contributed by atoms with Crippen LogP contribution in [-0.4, -0.2) is 31.8 Å². The molecule has 3 N–H and O–H groups in total. The number of carbonyl (C=O) groups excluding carboxylic acids is 3. The highest BCUT2D eigenvalue weighted by Crippen LogP contribution is 2.38. The van der Waals surface area contributed by atoms with Crippen molar-refractivity contribution in [2.24, 2.45) is 0 Å². The van der Waals surface area contributed by atoms with Crippen molar-refractivity contribution in [3.05, 3.63) is 160 Å². The van der Waals surface area contributed by atoms with Crippen molar-refractivity contribution in [1.29, 1.82) is 0 Å². The first-order valence-electron chi connectivity index (χ1n) is 14.9. The molecule has 0 radical (unpaired) electrons. The SMILES string of the molecule is CN(C)c1ccc(/C=C(/NC(=O)c2ccccc2)C(=O)Nc2cccc(SC(C(=O)Nc3ccc(Cl)cc3Cl)c3ccccc3)c2)cc1. The number of benzene rings is 5. The first-order valence-corrected chi connectivity index (χ1v) is 16.5. The number of rotatable bonds is 11. The number of nitrogens with one attached hydrogen (secondary N) is 3. The Morgan fingerprint density at radius 2 is 1.44 bits per heavy atom. The van der Waals surface area contributed by atoms with Gasteiger partial charge in [0.25, 0.3) is 11.8 Å². The Morgan fingerprint density at radius 1 is 0.750 bits per heavy atom. The van der Waals surface area contributed by atoms with Crippen LogP contribution in [0.25, 0.3) is 6.08 Å². The molecule has 0 saturated carbocycles. The molecule has 1 atom stereocenters. The van der Waals surface area contributed by atoms with Crippen molar-refractivity contribution in [3.8, 4) is 0 Å². The van der Waals surface area contributed by atoms with Gasteiger partial charge in [-0.05, 0) is 77.9 Å². The molecule has 1 unspecified atom stereocenters. The Kier molecular flexibility index (Phi) is 11.6. The lowest BCUT2D eigenvalue weighted by atomic mass is 10.1. The van der Waals surface area contributed by atoms with E-state index in [0.717, 1.165) is 21.7 Å². The van der Waals surface area contributed by atoms with Gasteiger partial charge in [-0.2, -0.15) is 0 Å². The fraction of sp³-hybridized carbons (Fsp3) is 0.0789. The Labute approximate surface area is 294 Å². The van der Waals surface area contributed by atoms with Gasteiger partial charge in [0.15, 0.2) is 0 Å². The van der Waals surface area contributed by atoms with Gasteiger partial charge in [0.1, 0.15) is 10.9 Å². The molecule has 0 spiro atoms. The van der Waals surface area contributed by atoms with E-state index in [-0.39, 0.29) is 11.6 Å². The monoisotopic (exact) mass is 694 g/mol. The number of thioether (sulfide) groups is 1. The number of amides is 3. The Hall–Kier alpha value is -5.02. The zero-order valence-electron chi connectivity index (χ0n) is 26.1. The molecule has 0 heterocycles. The average Bonchev–Trinajstić information content (AvgIpc) is 3.09. The number of nitrogens with zero attached hydrogens (tertiary/aromatic N) is 1. The Bertz CT molecular complexity index is 1940. The third kappa shape index (κ3) is 9.29. The standard InChI is InChI=1S/C38H32Cl2N4O3S/c1-44(2)30-19-16-25(17-20-30)22-34(43-36(45)27-12-7-4-8-13-27)37(46)41-29-14-9-15-31(24-29)48-35(26-10-5-3-6-11-26)38(47)42-33-21-18-28(39)23-32(33)40/h3-24,35H,1-2H3,(H,41,46)(H,42,47)(H,43,45)/b34-22+. The number of carbonyl (C=O) groups is 3. The van der Waals surface area contributed by atoms with E-state index in [0.29, 0.717) is 27.0 Å². The molecular weight excluding hydrogens is 663 g/mol. The largest absolute Gasteiger partial charge is 0.378 e. The summed E-state index contributed by atoms with van der Waals surface area (Å²) in [6.07, 6.45) is 1.63. The predicted molar refractivity (Wildman–Crippen MR) is 198 cm³/mol. The minimum Gasteiger partial charge on any atom is -0.378 e. The van der Waals surface area contributed by atoms with Crippen LogP contribution in [0.1, 0.15) is 26.7 Å². The zero-order chi connectivity index (χ0) is 34.0. The van der Waals surface area contributed by atoms with Gasteiger partial charge in [-0.3, -0.25) is 14.4 Å². The molecule has 5 rings (SSSR count). The average molecular weight is 696 g/mol. The van der Waals surface area contributed by atoms with Crippen LogP contribution in [0.5, 0.6) is 0 Å². The predicted octanol–water partition coefficient (Wildman–Crippen LogP) is 8.94. The van der Waals surface area contributed by atoms with Gasteiger partial charge >= 0.3 is 0 Å². The highest BCUT2D eigenvalue weighted by Gasteiger charge is 2.23. The molecule has 5 aromatic rings. The highest BCUT2D eigenvalue weighted by atomic mass is 35.5. The van der Waals surface area contributed by atoms with Gasteiger partial charge in [0.2, 0.25) is 5.91 Å². The van der Waals surface area contributed by atoms with Crippen LogP contribution in [0.4, 0.5) is 17.1 Å². The van der Waals surface area contributed by atoms with Gasteiger partial charge in [0, 0.05) is 41.0 Å². The minimum absolute atomic E-state index is 0.0703. The first-order chi connectivity index (χ1) is 23.2. The maximum absolute atomic E-state index is 13.7. The summed E-state index contributed by atoms with van der Waals surface area (Å²) in [7, 11) is 3.89. The van der Waals surface area contributed by atoms with Gasteiger partial charge in [-0.1, -0.05) is 89.9 Å². The molecule has 3 amide bonds. The zero-order valence-corrected chi connectivity index (χ0v) is 28.4. The highest BCUT2D eigenvalue weighted by molar-refractivity contribution is 8.00. The van der Waals surface area contributed by atoms with Crippen LogP contribution in [0.2, 0.25) is 10.0 Å². The normalized spacial score (nSPS) is 11.7. The van der Waals surface area contributed by atoms with Crippen LogP contribution in [-0.2, 0) is 9.59 Å². The molecule has 0 aliphatic carbocycles. The first kappa shape index (κ1) is 34.3. The van der Waals surface area contributed by atoms with E-state index in [1.807, 2.05) is 85.7 Å². The van der Waals surface area contributed by atoms with Gasteiger partial charge < -0.3 is 20.9 Å². The van der Waals surface area contributed by atoms with Crippen LogP contribution in [0.3, 0.4) is 0 Å². The maximum Gasteiger partial charge on any atom is 0.272 e. The lowest BCUT2D eigenvalue weighted by Crippen LogP contribution is -2.30. The van der Waals surface area contributed by atoms with E-state index in [1.54, 1.807) is 66.7 Å². The fourth-order valence-corrected chi connectivity index (χ4v) is 6.19. The topological polar surface area (TPSA) is 90.5 Å². The fourth-order valence-electron chi connectivity index (χ4n) is 4.65. The van der Waals surface area contributed by atoms with Crippen molar-refractivity contribution < 1.29 is 14.4 Å². The van der Waals surface area contributed by atoms with Crippen LogP contribution < -0.4 is 20.9 Å². The quantitative estimate of drug-likeness (QED) is 0.0949. The molecule has 48 heavy (non-hydrogen) atoms. The molecule has 242 valence electrons. The summed E-state index contributed by atoms with van der Waals surface area (Å²) >= 11 is 13.7. The molecule has 7 nitrogen and oxygen atoms in total. The summed E-state index contributed by atoms with van der Waals surface area (Å²) in [5.74, 6) is -1.20. The van der Waals surface area contributed by atoms with E-state index >= 15 is 0 Å². The third-order valence-electron chi connectivity index (χ3n) is 7.12. The molecule has 10 heteroatoms. The second-order valence-electron chi connectivity index (χ2n) is 10.9. The number of halogens is 2. The second-order valence-corrected chi connectivity index (χ2v) is 12.9. The molecule has 0 aromatic heterocycles. The number of hydrogen-bond acceptors (Lipinski definition) is 5. The van der Waals surface area contributed by atoms with E-state index < -0.39 is 17.1 Å². The summed E-state index contributed by atoms with van der Waals surface area (Å²) in [5.41, 5.74) is 3.94. The maximum atomic E-state index is 13.7. The molecule has 0 aliphatic rings. The van der Waals surface area contributed by atoms with Crippen molar-refractivity contribution in [2.75, 3.05) is 29.6 Å². The summed E-state index contributed by atoms with van der Waals surface area (Å²) in [4.78, 5) is 43.1. The van der Waals surface area contributed by atoms with Gasteiger partial charge in [-0.25, -0.2) is 0 Å². The van der Waals surface area contributed by atoms with Crippen molar-refractivity contribution in [1.82, 2.24) is 5.32 Å². The van der Waals surface area contributed by atoms with Crippen molar-refractivity contribution in [2.45, 2.75) is 10.1 Å². The number of hydrogen-bond donors (Lipinski definition) is 3. The number of anilines is 3. The van der Waals surface area contributed by atoms with Crippen LogP contribution in [0, 0.1) is 0 Å². The Balaban J connectivity index is 1.38. The van der Waals surface area contributed by atoms with Gasteiger partial charge in [0.05, 0.1) is 10.7 Å². The van der Waals surface area contributed by atoms with Crippen LogP contribution in [0.15, 0.2) is 138 Å². The lowest BCUT2D eigenvalue weighted by molar-refractivity contribution is -0.116. The lowest BCUT2D eigenvalue weighted by Gasteiger charge is -2.18. The summed E-state index contributed by atoms with van der Waals surface area (Å²) < 4.78 is 0. The molecule has 0 bridgehead atoms. The molecule has 0 saturated heterocycles. The van der Waals surface area contributed by atoms with E-state index in [1.165, 1.54) is 11.8 Å². The minimum atomic E-state index is -0.644. The van der Waals surface area contributed by atoms with Gasteiger partial charge in [-0.15, -0.1) is 11.8 Å². The van der Waals surface area contributed by atoms with E-state index in [2.05, 4.69) is 16.0 Å². The molecule has 0 aliphatic heterocycles. The third-order valence-corrected chi connectivity index (χ3v) is 8.92. The van der Waals surface area contributed by atoms with Crippen molar-refractivity contribution in [3.63, 3.8) is 0 Å². The molecule has 5 aromatic carbocycles.